The number of carboxylic acid groups (broad SMARTS) is 1. The molecule has 1 aromatic carbocycles. The van der Waals surface area contributed by atoms with Gasteiger partial charge in [-0.3, -0.25) is 19.6 Å². The van der Waals surface area contributed by atoms with Gasteiger partial charge in [0, 0.05) is 67.5 Å². The summed E-state index contributed by atoms with van der Waals surface area (Å²) in [5.74, 6) is -0.480. The Morgan fingerprint density at radius 3 is 2.38 bits per heavy atom. The number of anilines is 1. The van der Waals surface area contributed by atoms with Gasteiger partial charge in [-0.2, -0.15) is 0 Å². The zero-order chi connectivity index (χ0) is 30.3. The van der Waals surface area contributed by atoms with E-state index in [-0.39, 0.29) is 42.4 Å². The minimum atomic E-state index is -1.02. The fraction of sp³-hybridized carbons (Fsp3) is 0.581. The number of halogens is 1. The Kier molecular flexibility index (Phi) is 8.58. The molecule has 0 saturated carbocycles. The molecule has 0 bridgehead atoms. The van der Waals surface area contributed by atoms with Crippen molar-refractivity contribution >= 4 is 17.7 Å². The van der Waals surface area contributed by atoms with Crippen LogP contribution in [0, 0.1) is 5.82 Å². The van der Waals surface area contributed by atoms with Crippen molar-refractivity contribution in [3.63, 3.8) is 0 Å². The standard InChI is InChI=1S/C31H42FN5O5/c1-19-12-34(25(14-36(19)30(40)41)13-35-20(2)16-42-17-21(35)3)15-27(38)37-18-31(4,5)29-26(37)10-23(11-33-29)28(39)22-6-8-24(32)9-7-22/h6-11,19-21,25,28,39H,12-18H2,1-5H3,(H,40,41)/t19-,20-,21-,25+,28-/m1/s1. The number of hydrogen-bond acceptors (Lipinski definition) is 7. The molecule has 42 heavy (non-hydrogen) atoms. The lowest BCUT2D eigenvalue weighted by atomic mass is 9.90. The molecule has 4 heterocycles. The van der Waals surface area contributed by atoms with Crippen LogP contribution >= 0.6 is 0 Å². The Balaban J connectivity index is 1.39. The summed E-state index contributed by atoms with van der Waals surface area (Å²) in [5.41, 5.74) is 2.11. The minimum absolute atomic E-state index is 0.0962. The van der Waals surface area contributed by atoms with E-state index in [4.69, 9.17) is 4.74 Å². The van der Waals surface area contributed by atoms with E-state index in [0.29, 0.717) is 56.2 Å². The molecule has 0 aliphatic carbocycles. The molecule has 0 radical (unpaired) electrons. The summed E-state index contributed by atoms with van der Waals surface area (Å²) in [6.45, 7) is 13.4. The van der Waals surface area contributed by atoms with Crippen LogP contribution in [0.5, 0.6) is 0 Å². The number of benzene rings is 1. The number of morpholine rings is 1. The van der Waals surface area contributed by atoms with Gasteiger partial charge in [-0.05, 0) is 44.5 Å². The summed E-state index contributed by atoms with van der Waals surface area (Å²) in [4.78, 5) is 38.4. The SMILES string of the molecule is C[C@@H]1CN(CC(=O)N2CC(C)(C)c3ncc([C@H](O)c4ccc(F)cc4)cc32)[C@@H](CN2[C@H](C)COC[C@H]2C)CN1C(=O)O. The third-order valence-electron chi connectivity index (χ3n) is 8.99. The van der Waals surface area contributed by atoms with Gasteiger partial charge >= 0.3 is 6.09 Å². The fourth-order valence-corrected chi connectivity index (χ4v) is 6.60. The average molecular weight is 584 g/mol. The van der Waals surface area contributed by atoms with Crippen molar-refractivity contribution in [2.75, 3.05) is 50.8 Å². The number of piperazine rings is 1. The third-order valence-corrected chi connectivity index (χ3v) is 8.99. The molecule has 228 valence electrons. The molecule has 2 saturated heterocycles. The number of carbonyl (C=O) groups excluding carboxylic acids is 1. The molecule has 3 aliphatic heterocycles. The second-order valence-electron chi connectivity index (χ2n) is 12.8. The smallest absolute Gasteiger partial charge is 0.407 e. The zero-order valence-corrected chi connectivity index (χ0v) is 25.0. The Morgan fingerprint density at radius 1 is 1.07 bits per heavy atom. The number of aromatic nitrogens is 1. The van der Waals surface area contributed by atoms with Crippen LogP contribution in [0.3, 0.4) is 0 Å². The van der Waals surface area contributed by atoms with Crippen LogP contribution in [-0.4, -0.2) is 112 Å². The lowest BCUT2D eigenvalue weighted by Crippen LogP contribution is -2.64. The number of fused-ring (bicyclic) bond motifs is 1. The lowest BCUT2D eigenvalue weighted by Gasteiger charge is -2.48. The van der Waals surface area contributed by atoms with Crippen molar-refractivity contribution in [3.8, 4) is 0 Å². The van der Waals surface area contributed by atoms with Crippen LogP contribution in [0.4, 0.5) is 14.9 Å². The van der Waals surface area contributed by atoms with E-state index in [9.17, 15) is 24.2 Å². The highest BCUT2D eigenvalue weighted by Crippen LogP contribution is 2.41. The van der Waals surface area contributed by atoms with Crippen molar-refractivity contribution in [3.05, 3.63) is 59.2 Å². The zero-order valence-electron chi connectivity index (χ0n) is 25.0. The summed E-state index contributed by atoms with van der Waals surface area (Å²) in [7, 11) is 0. The quantitative estimate of drug-likeness (QED) is 0.534. The van der Waals surface area contributed by atoms with E-state index < -0.39 is 17.6 Å². The summed E-state index contributed by atoms with van der Waals surface area (Å²) in [5, 5.41) is 20.9. The van der Waals surface area contributed by atoms with Gasteiger partial charge in [-0.15, -0.1) is 0 Å². The molecule has 3 aliphatic rings. The predicted octanol–water partition coefficient (Wildman–Crippen LogP) is 3.09. The maximum Gasteiger partial charge on any atom is 0.407 e. The Hall–Kier alpha value is -3.12. The average Bonchev–Trinajstić information content (AvgIpc) is 3.21. The second kappa shape index (κ2) is 11.9. The van der Waals surface area contributed by atoms with Crippen LogP contribution in [0.2, 0.25) is 0 Å². The van der Waals surface area contributed by atoms with Crippen LogP contribution in [0.25, 0.3) is 0 Å². The first kappa shape index (κ1) is 30.3. The highest BCUT2D eigenvalue weighted by atomic mass is 19.1. The maximum atomic E-state index is 14.0. The van der Waals surface area contributed by atoms with Crippen molar-refractivity contribution in [2.45, 2.75) is 70.3 Å². The maximum absolute atomic E-state index is 14.0. The largest absolute Gasteiger partial charge is 0.465 e. The Morgan fingerprint density at radius 2 is 1.74 bits per heavy atom. The first-order valence-corrected chi connectivity index (χ1v) is 14.7. The van der Waals surface area contributed by atoms with Crippen molar-refractivity contribution in [1.82, 2.24) is 19.7 Å². The van der Waals surface area contributed by atoms with Crippen LogP contribution < -0.4 is 4.90 Å². The van der Waals surface area contributed by atoms with Gasteiger partial charge in [0.05, 0.1) is 31.1 Å². The molecule has 11 heteroatoms. The number of ether oxygens (including phenoxy) is 1. The summed E-state index contributed by atoms with van der Waals surface area (Å²) in [6.07, 6.45) is -0.346. The van der Waals surface area contributed by atoms with Crippen molar-refractivity contribution < 1.29 is 28.9 Å². The third kappa shape index (κ3) is 6.01. The molecule has 10 nitrogen and oxygen atoms in total. The molecule has 0 spiro atoms. The predicted molar refractivity (Wildman–Crippen MR) is 156 cm³/mol. The second-order valence-corrected chi connectivity index (χ2v) is 12.8. The number of rotatable bonds is 6. The van der Waals surface area contributed by atoms with E-state index in [1.165, 1.54) is 29.2 Å². The van der Waals surface area contributed by atoms with Crippen LogP contribution in [0.1, 0.15) is 57.5 Å². The Bertz CT molecular complexity index is 1300. The van der Waals surface area contributed by atoms with Gasteiger partial charge in [0.15, 0.2) is 0 Å². The van der Waals surface area contributed by atoms with Crippen molar-refractivity contribution in [1.29, 1.82) is 0 Å². The number of hydrogen-bond donors (Lipinski definition) is 2. The topological polar surface area (TPSA) is 110 Å². The Labute approximate surface area is 246 Å². The molecule has 5 rings (SSSR count). The normalized spacial score (nSPS) is 27.1. The van der Waals surface area contributed by atoms with Gasteiger partial charge in [0.25, 0.3) is 0 Å². The number of aliphatic hydroxyl groups excluding tert-OH is 1. The van der Waals surface area contributed by atoms with Crippen LogP contribution in [0.15, 0.2) is 36.5 Å². The summed E-state index contributed by atoms with van der Waals surface area (Å²) in [6, 6.07) is 7.44. The summed E-state index contributed by atoms with van der Waals surface area (Å²) >= 11 is 0. The molecule has 1 aromatic heterocycles. The number of aliphatic hydroxyl groups is 1. The molecule has 2 aromatic rings. The van der Waals surface area contributed by atoms with Gasteiger partial charge in [-0.25, -0.2) is 9.18 Å². The molecular weight excluding hydrogens is 541 g/mol. The van der Waals surface area contributed by atoms with E-state index in [1.807, 2.05) is 26.8 Å². The van der Waals surface area contributed by atoms with E-state index >= 15 is 0 Å². The highest BCUT2D eigenvalue weighted by molar-refractivity contribution is 5.97. The van der Waals surface area contributed by atoms with Gasteiger partial charge < -0.3 is 24.7 Å². The number of pyridine rings is 1. The van der Waals surface area contributed by atoms with E-state index in [1.54, 1.807) is 11.1 Å². The van der Waals surface area contributed by atoms with Gasteiger partial charge in [0.1, 0.15) is 11.9 Å². The first-order chi connectivity index (χ1) is 19.9. The lowest BCUT2D eigenvalue weighted by molar-refractivity contribution is -0.122. The first-order valence-electron chi connectivity index (χ1n) is 14.7. The number of amides is 2. The van der Waals surface area contributed by atoms with Gasteiger partial charge in [-0.1, -0.05) is 26.0 Å². The molecule has 2 N–H and O–H groups in total. The van der Waals surface area contributed by atoms with Gasteiger partial charge in [0.2, 0.25) is 5.91 Å². The van der Waals surface area contributed by atoms with E-state index in [2.05, 4.69) is 28.6 Å². The monoisotopic (exact) mass is 583 g/mol. The molecule has 2 fully saturated rings. The molecular formula is C31H42FN5O5. The van der Waals surface area contributed by atoms with E-state index in [0.717, 1.165) is 5.69 Å². The minimum Gasteiger partial charge on any atom is -0.465 e. The van der Waals surface area contributed by atoms with Crippen LogP contribution in [-0.2, 0) is 14.9 Å². The molecule has 2 amide bonds. The molecule has 5 atom stereocenters. The van der Waals surface area contributed by atoms with Crippen molar-refractivity contribution in [2.24, 2.45) is 0 Å². The summed E-state index contributed by atoms with van der Waals surface area (Å²) < 4.78 is 19.2. The fourth-order valence-electron chi connectivity index (χ4n) is 6.60. The highest BCUT2D eigenvalue weighted by Gasteiger charge is 2.43. The molecule has 0 unspecified atom stereocenters. The number of carbonyl (C=O) groups is 2. The number of nitrogens with zero attached hydrogens (tertiary/aromatic N) is 5.